The van der Waals surface area contributed by atoms with Gasteiger partial charge < -0.3 is 19.1 Å². The highest BCUT2D eigenvalue weighted by Gasteiger charge is 2.25. The van der Waals surface area contributed by atoms with E-state index in [1.807, 2.05) is 60.7 Å². The van der Waals surface area contributed by atoms with E-state index in [0.717, 1.165) is 18.4 Å². The summed E-state index contributed by atoms with van der Waals surface area (Å²) in [5, 5.41) is 0. The molecule has 1 atom stereocenters. The Hall–Kier alpha value is -3.80. The lowest BCUT2D eigenvalue weighted by atomic mass is 10.0. The van der Waals surface area contributed by atoms with E-state index < -0.39 is 6.10 Å². The molecule has 1 amide bonds. The fourth-order valence-corrected chi connectivity index (χ4v) is 3.91. The lowest BCUT2D eigenvalue weighted by Crippen LogP contribution is -2.39. The molecule has 1 unspecified atom stereocenters. The zero-order valence-corrected chi connectivity index (χ0v) is 19.3. The van der Waals surface area contributed by atoms with Gasteiger partial charge in [0.15, 0.2) is 12.8 Å². The van der Waals surface area contributed by atoms with Crippen molar-refractivity contribution >= 4 is 11.9 Å². The standard InChI is InChI=1S/C28H29NO5/c1-2-32-28(31)26(34-23-10-4-3-5-11-23)19-22-16-14-21(15-17-22)9-8-18-29-20-33-25-13-7-6-12-24(25)27(29)30/h3-7,10-17,26H,2,8-9,18-20H2,1H3. The van der Waals surface area contributed by atoms with Crippen molar-refractivity contribution in [2.24, 2.45) is 0 Å². The maximum absolute atomic E-state index is 12.6. The van der Waals surface area contributed by atoms with Gasteiger partial charge in [0.25, 0.3) is 5.91 Å². The average molecular weight is 460 g/mol. The molecular weight excluding hydrogens is 430 g/mol. The number of ether oxygens (including phenoxy) is 3. The summed E-state index contributed by atoms with van der Waals surface area (Å²) < 4.78 is 16.8. The Bertz CT molecular complexity index is 1100. The van der Waals surface area contributed by atoms with E-state index >= 15 is 0 Å². The van der Waals surface area contributed by atoms with Crippen LogP contribution in [0.4, 0.5) is 0 Å². The smallest absolute Gasteiger partial charge is 0.347 e. The van der Waals surface area contributed by atoms with Crippen molar-refractivity contribution in [3.8, 4) is 11.5 Å². The van der Waals surface area contributed by atoms with E-state index in [4.69, 9.17) is 14.2 Å². The number of esters is 1. The molecule has 0 saturated carbocycles. The molecule has 1 aliphatic rings. The number of rotatable bonds is 10. The molecule has 3 aromatic carbocycles. The van der Waals surface area contributed by atoms with Crippen molar-refractivity contribution in [3.63, 3.8) is 0 Å². The second-order valence-electron chi connectivity index (χ2n) is 8.13. The third-order valence-electron chi connectivity index (χ3n) is 5.69. The van der Waals surface area contributed by atoms with Gasteiger partial charge in [0, 0.05) is 13.0 Å². The third-order valence-corrected chi connectivity index (χ3v) is 5.69. The van der Waals surface area contributed by atoms with Crippen LogP contribution in [0.1, 0.15) is 34.8 Å². The van der Waals surface area contributed by atoms with Gasteiger partial charge in [-0.1, -0.05) is 54.6 Å². The summed E-state index contributed by atoms with van der Waals surface area (Å²) in [6.45, 7) is 3.01. The van der Waals surface area contributed by atoms with Gasteiger partial charge in [0.1, 0.15) is 11.5 Å². The highest BCUT2D eigenvalue weighted by atomic mass is 16.6. The Balaban J connectivity index is 1.30. The molecule has 3 aromatic rings. The molecule has 1 heterocycles. The highest BCUT2D eigenvalue weighted by Crippen LogP contribution is 2.24. The van der Waals surface area contributed by atoms with Crippen molar-refractivity contribution < 1.29 is 23.8 Å². The fraction of sp³-hybridized carbons (Fsp3) is 0.286. The first-order valence-electron chi connectivity index (χ1n) is 11.6. The van der Waals surface area contributed by atoms with Gasteiger partial charge in [0.2, 0.25) is 0 Å². The SMILES string of the molecule is CCOC(=O)C(Cc1ccc(CCCN2COc3ccccc3C2=O)cc1)Oc1ccccc1. The van der Waals surface area contributed by atoms with E-state index in [2.05, 4.69) is 12.1 Å². The van der Waals surface area contributed by atoms with Gasteiger partial charge in [-0.3, -0.25) is 4.79 Å². The zero-order valence-electron chi connectivity index (χ0n) is 19.3. The number of carbonyl (C=O) groups is 2. The number of hydrogen-bond donors (Lipinski definition) is 0. The Labute approximate surface area is 200 Å². The summed E-state index contributed by atoms with van der Waals surface area (Å²) in [6, 6.07) is 24.8. The first-order valence-corrected chi connectivity index (χ1v) is 11.6. The molecule has 4 rings (SSSR count). The van der Waals surface area contributed by atoms with Crippen LogP contribution in [0.3, 0.4) is 0 Å². The number of carbonyl (C=O) groups excluding carboxylic acids is 2. The van der Waals surface area contributed by atoms with Crippen LogP contribution in [0.2, 0.25) is 0 Å². The van der Waals surface area contributed by atoms with Crippen molar-refractivity contribution in [1.82, 2.24) is 4.90 Å². The summed E-state index contributed by atoms with van der Waals surface area (Å²) in [5.74, 6) is 0.929. The molecule has 0 spiro atoms. The van der Waals surface area contributed by atoms with Gasteiger partial charge >= 0.3 is 5.97 Å². The highest BCUT2D eigenvalue weighted by molar-refractivity contribution is 5.97. The molecule has 0 saturated heterocycles. The lowest BCUT2D eigenvalue weighted by molar-refractivity contribution is -0.151. The largest absolute Gasteiger partial charge is 0.478 e. The van der Waals surface area contributed by atoms with Crippen molar-refractivity contribution in [3.05, 3.63) is 95.6 Å². The van der Waals surface area contributed by atoms with Crippen LogP contribution >= 0.6 is 0 Å². The van der Waals surface area contributed by atoms with Crippen LogP contribution in [-0.2, 0) is 22.4 Å². The number of hydrogen-bond acceptors (Lipinski definition) is 5. The molecule has 0 fully saturated rings. The summed E-state index contributed by atoms with van der Waals surface area (Å²) in [4.78, 5) is 26.8. The van der Waals surface area contributed by atoms with Gasteiger partial charge in [-0.15, -0.1) is 0 Å². The van der Waals surface area contributed by atoms with E-state index in [1.54, 1.807) is 17.9 Å². The van der Waals surface area contributed by atoms with Crippen LogP contribution in [0.5, 0.6) is 11.5 Å². The van der Waals surface area contributed by atoms with E-state index in [9.17, 15) is 9.59 Å². The van der Waals surface area contributed by atoms with E-state index in [0.29, 0.717) is 36.6 Å². The minimum atomic E-state index is -0.707. The average Bonchev–Trinajstić information content (AvgIpc) is 2.87. The third kappa shape index (κ3) is 5.95. The second-order valence-corrected chi connectivity index (χ2v) is 8.13. The fourth-order valence-electron chi connectivity index (χ4n) is 3.91. The number of fused-ring (bicyclic) bond motifs is 1. The summed E-state index contributed by atoms with van der Waals surface area (Å²) in [6.07, 6.45) is 1.39. The minimum absolute atomic E-state index is 0.0145. The molecule has 0 N–H and O–H groups in total. The van der Waals surface area contributed by atoms with Crippen molar-refractivity contribution in [2.75, 3.05) is 19.9 Å². The second kappa shape index (κ2) is 11.4. The monoisotopic (exact) mass is 459 g/mol. The van der Waals surface area contributed by atoms with Crippen molar-refractivity contribution in [2.45, 2.75) is 32.3 Å². The molecule has 0 radical (unpaired) electrons. The maximum Gasteiger partial charge on any atom is 0.347 e. The molecule has 1 aliphatic heterocycles. The topological polar surface area (TPSA) is 65.1 Å². The normalized spacial score (nSPS) is 13.6. The molecular formula is C28H29NO5. The molecule has 34 heavy (non-hydrogen) atoms. The summed E-state index contributed by atoms with van der Waals surface area (Å²) in [7, 11) is 0. The number of amides is 1. The van der Waals surface area contributed by atoms with Gasteiger partial charge in [-0.2, -0.15) is 0 Å². The predicted molar refractivity (Wildman–Crippen MR) is 129 cm³/mol. The quantitative estimate of drug-likeness (QED) is 0.413. The predicted octanol–water partition coefficient (Wildman–Crippen LogP) is 4.66. The lowest BCUT2D eigenvalue weighted by Gasteiger charge is -2.28. The Morgan fingerprint density at radius 1 is 0.971 bits per heavy atom. The van der Waals surface area contributed by atoms with Crippen LogP contribution < -0.4 is 9.47 Å². The molecule has 6 nitrogen and oxygen atoms in total. The molecule has 6 heteroatoms. The number of aryl methyl sites for hydroxylation is 1. The Kier molecular flexibility index (Phi) is 7.81. The van der Waals surface area contributed by atoms with Gasteiger partial charge in [0.05, 0.1) is 12.2 Å². The first-order chi connectivity index (χ1) is 16.6. The Morgan fingerprint density at radius 3 is 2.44 bits per heavy atom. The van der Waals surface area contributed by atoms with Crippen LogP contribution in [0.15, 0.2) is 78.9 Å². The molecule has 0 aliphatic carbocycles. The van der Waals surface area contributed by atoms with Crippen LogP contribution in [0, 0.1) is 0 Å². The van der Waals surface area contributed by atoms with E-state index in [1.165, 1.54) is 5.56 Å². The van der Waals surface area contributed by atoms with Gasteiger partial charge in [-0.25, -0.2) is 4.79 Å². The zero-order chi connectivity index (χ0) is 23.8. The number of benzene rings is 3. The van der Waals surface area contributed by atoms with Gasteiger partial charge in [-0.05, 0) is 55.2 Å². The minimum Gasteiger partial charge on any atom is -0.478 e. The Morgan fingerprint density at radius 2 is 1.68 bits per heavy atom. The molecule has 0 bridgehead atoms. The number of para-hydroxylation sites is 2. The number of nitrogens with zero attached hydrogens (tertiary/aromatic N) is 1. The molecule has 176 valence electrons. The molecule has 0 aromatic heterocycles. The summed E-state index contributed by atoms with van der Waals surface area (Å²) >= 11 is 0. The first kappa shape index (κ1) is 23.4. The summed E-state index contributed by atoms with van der Waals surface area (Å²) in [5.41, 5.74) is 2.78. The van der Waals surface area contributed by atoms with E-state index in [-0.39, 0.29) is 18.6 Å². The maximum atomic E-state index is 12.6. The van der Waals surface area contributed by atoms with Crippen LogP contribution in [0.25, 0.3) is 0 Å². The van der Waals surface area contributed by atoms with Crippen molar-refractivity contribution in [1.29, 1.82) is 0 Å². The van der Waals surface area contributed by atoms with Crippen LogP contribution in [-0.4, -0.2) is 42.8 Å².